The maximum Gasteiger partial charge on any atom is 0.309 e. The molecule has 5 aliphatic carbocycles. The summed E-state index contributed by atoms with van der Waals surface area (Å²) in [7, 11) is 2.94. The number of anilines is 1. The number of nitrogens with one attached hydrogen (secondary N) is 1. The second kappa shape index (κ2) is 18.8. The number of esters is 2. The number of carbonyl (C=O) groups is 4. The van der Waals surface area contributed by atoms with E-state index in [2.05, 4.69) is 5.32 Å². The van der Waals surface area contributed by atoms with Crippen molar-refractivity contribution in [3.05, 3.63) is 62.7 Å². The molecule has 0 radical (unpaired) electrons. The maximum absolute atomic E-state index is 14.1. The van der Waals surface area contributed by atoms with Crippen molar-refractivity contribution in [2.24, 2.45) is 17.8 Å². The van der Waals surface area contributed by atoms with Gasteiger partial charge in [0.25, 0.3) is 0 Å². The molecule has 2 fully saturated rings. The monoisotopic (exact) mass is 881 g/mol. The van der Waals surface area contributed by atoms with E-state index in [1.165, 1.54) is 20.1 Å². The number of carbonyl (C=O) groups excluding carboxylic acids is 4. The van der Waals surface area contributed by atoms with Gasteiger partial charge in [0.1, 0.15) is 18.5 Å². The number of Topliss-reactive ketones (excluding diaryl/α,β-unsaturated/α-hetero) is 1. The van der Waals surface area contributed by atoms with Crippen LogP contribution in [0.15, 0.2) is 29.4 Å². The third kappa shape index (κ3) is 7.80. The molecule has 5 aliphatic rings. The average molecular weight is 882 g/mol. The minimum absolute atomic E-state index is 0.0133. The van der Waals surface area contributed by atoms with E-state index in [1.54, 1.807) is 7.11 Å². The lowest BCUT2D eigenvalue weighted by atomic mass is 9.70. The number of aliphatic hydroxyl groups excluding tert-OH is 4. The Hall–Kier alpha value is -5.12. The Kier molecular flexibility index (Phi) is 13.3. The minimum atomic E-state index is -1.19. The smallest absolute Gasteiger partial charge is 0.309 e. The summed E-state index contributed by atoms with van der Waals surface area (Å²) in [5.41, 5.74) is 5.27. The topological polar surface area (TPSA) is 218 Å². The summed E-state index contributed by atoms with van der Waals surface area (Å²) in [5, 5.41) is 62.1. The number of aromatic hydroxyl groups is 1. The quantitative estimate of drug-likeness (QED) is 0.0515. The number of aliphatic hydroxyl groups is 4. The largest absolute Gasteiger partial charge is 0.504 e. The fraction of sp³-hybridized carbons (Fsp3) is 0.520. The van der Waals surface area contributed by atoms with E-state index < -0.39 is 36.8 Å². The predicted octanol–water partition coefficient (Wildman–Crippen LogP) is 6.49. The second-order valence-electron chi connectivity index (χ2n) is 18.1. The molecule has 2 saturated carbocycles. The number of ketones is 2. The summed E-state index contributed by atoms with van der Waals surface area (Å²) in [5.74, 6) is -3.12. The molecule has 0 heterocycles. The first kappa shape index (κ1) is 45.4. The fourth-order valence-corrected chi connectivity index (χ4v) is 11.3. The van der Waals surface area contributed by atoms with Crippen LogP contribution in [0.4, 0.5) is 5.69 Å². The minimum Gasteiger partial charge on any atom is -0.504 e. The third-order valence-corrected chi connectivity index (χ3v) is 14.3. The van der Waals surface area contributed by atoms with E-state index in [-0.39, 0.29) is 78.2 Å². The molecule has 342 valence electrons. The molecule has 0 spiro atoms. The molecule has 3 aromatic carbocycles. The lowest BCUT2D eigenvalue weighted by Gasteiger charge is -2.37. The van der Waals surface area contributed by atoms with E-state index in [0.717, 1.165) is 0 Å². The number of phenolic OH excluding ortho intramolecular Hbond substituents is 1. The number of hydrogen-bond acceptors (Lipinski definition) is 14. The molecule has 2 unspecified atom stereocenters. The van der Waals surface area contributed by atoms with Crippen LogP contribution in [0.3, 0.4) is 0 Å². The number of methoxy groups -OCH3 is 2. The van der Waals surface area contributed by atoms with Crippen LogP contribution in [0.5, 0.6) is 11.5 Å². The van der Waals surface area contributed by atoms with Gasteiger partial charge in [0.15, 0.2) is 17.3 Å². The van der Waals surface area contributed by atoms with Gasteiger partial charge in [0.2, 0.25) is 0 Å². The molecule has 0 amide bonds. The Morgan fingerprint density at radius 1 is 0.781 bits per heavy atom. The zero-order chi connectivity index (χ0) is 45.6. The highest BCUT2D eigenvalue weighted by molar-refractivity contribution is 6.32. The number of rotatable bonds is 16. The molecule has 14 nitrogen and oxygen atoms in total. The Morgan fingerprint density at radius 2 is 1.44 bits per heavy atom. The molecule has 0 aromatic heterocycles. The van der Waals surface area contributed by atoms with Gasteiger partial charge < -0.3 is 49.8 Å². The molecule has 8 rings (SSSR count). The summed E-state index contributed by atoms with van der Waals surface area (Å²) in [6, 6.07) is 1.70. The van der Waals surface area contributed by atoms with Gasteiger partial charge in [0.05, 0.1) is 56.9 Å². The van der Waals surface area contributed by atoms with Crippen molar-refractivity contribution >= 4 is 61.9 Å². The van der Waals surface area contributed by atoms with E-state index in [1.807, 2.05) is 19.1 Å². The Bertz CT molecular complexity index is 2500. The lowest BCUT2D eigenvalue weighted by molar-refractivity contribution is -0.151. The molecular formula is C50H59NO13. The van der Waals surface area contributed by atoms with Crippen LogP contribution in [-0.2, 0) is 35.2 Å². The first-order chi connectivity index (χ1) is 30.9. The highest BCUT2D eigenvalue weighted by Gasteiger charge is 2.43. The molecule has 0 saturated heterocycles. The summed E-state index contributed by atoms with van der Waals surface area (Å²) in [4.78, 5) is 53.9. The SMILES string of the molecule is COCCOC(=O)C1CCC(CC2=C3C=C(C)C(C(C)=O)c4c(OC)c(O)c5c6c(c7c(CO)cc(NC8CCC(C(=O)OCCCO)CC8)c(c7c3c46)C2O)C(CO)=CC5=O)CC1. The highest BCUT2D eigenvalue weighted by atomic mass is 16.6. The van der Waals surface area contributed by atoms with Crippen molar-refractivity contribution in [2.45, 2.75) is 103 Å². The van der Waals surface area contributed by atoms with Gasteiger partial charge in [0, 0.05) is 48.4 Å². The first-order valence-electron chi connectivity index (χ1n) is 22.6. The standard InChI is InChI=1S/C50H59NO13/c1-24-18-32-33(19-26-6-8-27(9-7-26)50(60)64-17-16-61-3)46(57)40-34(51-31-12-10-28(11-13-31)49(59)63-15-5-14-52)20-29(22-53)37-38-30(23-54)21-35(56)41-43(38)44(39(32)42(37)40)45(36(24)25(2)55)48(62-4)47(41)58/h18,20-21,26-28,31,36,46,51-54,57-58H,5-17,19,22-23H2,1-4H3. The lowest BCUT2D eigenvalue weighted by Crippen LogP contribution is -2.31. The molecule has 6 N–H and O–H groups in total. The van der Waals surface area contributed by atoms with Crippen LogP contribution in [-0.4, -0.2) is 102 Å². The van der Waals surface area contributed by atoms with E-state index >= 15 is 0 Å². The zero-order valence-electron chi connectivity index (χ0n) is 37.0. The van der Waals surface area contributed by atoms with Crippen LogP contribution >= 0.6 is 0 Å². The van der Waals surface area contributed by atoms with Gasteiger partial charge in [-0.1, -0.05) is 11.6 Å². The molecule has 2 atom stereocenters. The van der Waals surface area contributed by atoms with E-state index in [9.17, 15) is 39.6 Å². The molecule has 3 aromatic rings. The van der Waals surface area contributed by atoms with Gasteiger partial charge in [-0.2, -0.15) is 0 Å². The van der Waals surface area contributed by atoms with E-state index in [0.29, 0.717) is 143 Å². The third-order valence-electron chi connectivity index (χ3n) is 14.3. The van der Waals surface area contributed by atoms with Gasteiger partial charge in [-0.05, 0) is 139 Å². The van der Waals surface area contributed by atoms with Gasteiger partial charge in [-0.15, -0.1) is 0 Å². The summed E-state index contributed by atoms with van der Waals surface area (Å²) >= 11 is 0. The second-order valence-corrected chi connectivity index (χ2v) is 18.1. The van der Waals surface area contributed by atoms with E-state index in [4.69, 9.17) is 24.1 Å². The van der Waals surface area contributed by atoms with Crippen LogP contribution in [0.2, 0.25) is 0 Å². The summed E-state index contributed by atoms with van der Waals surface area (Å²) < 4.78 is 21.9. The number of ether oxygens (including phenoxy) is 4. The summed E-state index contributed by atoms with van der Waals surface area (Å²) in [6.45, 7) is 2.92. The van der Waals surface area contributed by atoms with Crippen molar-refractivity contribution in [3.63, 3.8) is 0 Å². The van der Waals surface area contributed by atoms with Crippen LogP contribution < -0.4 is 10.1 Å². The van der Waals surface area contributed by atoms with Crippen molar-refractivity contribution in [1.82, 2.24) is 0 Å². The van der Waals surface area contributed by atoms with Crippen molar-refractivity contribution in [2.75, 3.05) is 52.6 Å². The predicted molar refractivity (Wildman–Crippen MR) is 239 cm³/mol. The van der Waals surface area contributed by atoms with Crippen LogP contribution in [0, 0.1) is 17.8 Å². The average Bonchev–Trinajstić information content (AvgIpc) is 3.42. The molecule has 64 heavy (non-hydrogen) atoms. The Labute approximate surface area is 371 Å². The normalized spacial score (nSPS) is 23.8. The molecule has 0 bridgehead atoms. The Balaban J connectivity index is 1.35. The van der Waals surface area contributed by atoms with Gasteiger partial charge in [-0.25, -0.2) is 0 Å². The number of fused-ring (bicyclic) bond motifs is 1. The summed E-state index contributed by atoms with van der Waals surface area (Å²) in [6.07, 6.45) is 7.85. The van der Waals surface area contributed by atoms with Crippen molar-refractivity contribution < 1.29 is 63.7 Å². The number of benzene rings is 3. The van der Waals surface area contributed by atoms with Crippen LogP contribution in [0.1, 0.15) is 128 Å². The van der Waals surface area contributed by atoms with Gasteiger partial charge in [-0.3, -0.25) is 19.2 Å². The number of phenols is 1. The molecule has 0 aliphatic heterocycles. The zero-order valence-corrected chi connectivity index (χ0v) is 37.0. The highest BCUT2D eigenvalue weighted by Crippen LogP contribution is 2.60. The first-order valence-corrected chi connectivity index (χ1v) is 22.6. The Morgan fingerprint density at radius 3 is 2.05 bits per heavy atom. The molecular weight excluding hydrogens is 823 g/mol. The van der Waals surface area contributed by atoms with Gasteiger partial charge >= 0.3 is 11.9 Å². The van der Waals surface area contributed by atoms with Crippen LogP contribution in [0.25, 0.3) is 32.7 Å². The van der Waals surface area contributed by atoms with Crippen molar-refractivity contribution in [3.8, 4) is 11.5 Å². The molecule has 14 heteroatoms. The number of hydrogen-bond donors (Lipinski definition) is 6. The van der Waals surface area contributed by atoms with Crippen molar-refractivity contribution in [1.29, 1.82) is 0 Å². The maximum atomic E-state index is 14.1. The number of allylic oxidation sites excluding steroid dienone is 4. The fourth-order valence-electron chi connectivity index (χ4n) is 11.3.